The SMILES string of the molecule is O=C(NCc1cc2ccccc2o1)N1CCN(Cc2ncn[nH]2)CC1. The van der Waals surface area contributed by atoms with Gasteiger partial charge in [-0.1, -0.05) is 18.2 Å². The van der Waals surface area contributed by atoms with Gasteiger partial charge in [-0.15, -0.1) is 0 Å². The number of urea groups is 1. The van der Waals surface area contributed by atoms with Crippen LogP contribution >= 0.6 is 0 Å². The van der Waals surface area contributed by atoms with Crippen LogP contribution in [-0.2, 0) is 13.1 Å². The van der Waals surface area contributed by atoms with Crippen LogP contribution in [0.1, 0.15) is 11.6 Å². The number of hydrogen-bond acceptors (Lipinski definition) is 5. The Kier molecular flexibility index (Phi) is 4.34. The molecule has 4 rings (SSSR count). The summed E-state index contributed by atoms with van der Waals surface area (Å²) in [6.45, 7) is 4.15. The average Bonchev–Trinajstić information content (AvgIpc) is 3.29. The molecule has 8 nitrogen and oxygen atoms in total. The topological polar surface area (TPSA) is 90.3 Å². The Hall–Kier alpha value is -2.87. The first-order valence-corrected chi connectivity index (χ1v) is 8.35. The maximum Gasteiger partial charge on any atom is 0.317 e. The summed E-state index contributed by atoms with van der Waals surface area (Å²) in [5, 5.41) is 10.7. The molecule has 0 bridgehead atoms. The van der Waals surface area contributed by atoms with Gasteiger partial charge in [-0.25, -0.2) is 9.78 Å². The summed E-state index contributed by atoms with van der Waals surface area (Å²) in [5.74, 6) is 1.61. The van der Waals surface area contributed by atoms with Crippen LogP contribution in [0.15, 0.2) is 41.1 Å². The minimum Gasteiger partial charge on any atom is -0.459 e. The number of piperazine rings is 1. The van der Waals surface area contributed by atoms with E-state index in [0.29, 0.717) is 19.6 Å². The normalized spacial score (nSPS) is 15.6. The number of H-pyrrole nitrogens is 1. The molecule has 0 saturated carbocycles. The van der Waals surface area contributed by atoms with Crippen molar-refractivity contribution in [3.05, 3.63) is 48.2 Å². The van der Waals surface area contributed by atoms with Crippen molar-refractivity contribution in [2.45, 2.75) is 13.1 Å². The molecule has 0 radical (unpaired) electrons. The molecule has 1 aromatic carbocycles. The van der Waals surface area contributed by atoms with Gasteiger partial charge in [-0.3, -0.25) is 10.00 Å². The van der Waals surface area contributed by atoms with E-state index in [1.807, 2.05) is 35.2 Å². The fourth-order valence-corrected chi connectivity index (χ4v) is 3.03. The second-order valence-corrected chi connectivity index (χ2v) is 6.10. The third kappa shape index (κ3) is 3.63. The summed E-state index contributed by atoms with van der Waals surface area (Å²) in [4.78, 5) is 20.6. The predicted octanol–water partition coefficient (Wildman–Crippen LogP) is 1.58. The largest absolute Gasteiger partial charge is 0.459 e. The molecule has 2 amide bonds. The number of benzene rings is 1. The zero-order valence-electron chi connectivity index (χ0n) is 13.8. The van der Waals surface area contributed by atoms with E-state index in [1.54, 1.807) is 0 Å². The molecule has 1 saturated heterocycles. The lowest BCUT2D eigenvalue weighted by molar-refractivity contribution is 0.133. The van der Waals surface area contributed by atoms with E-state index in [9.17, 15) is 4.79 Å². The van der Waals surface area contributed by atoms with Crippen molar-refractivity contribution in [2.75, 3.05) is 26.2 Å². The maximum absolute atomic E-state index is 12.3. The van der Waals surface area contributed by atoms with Gasteiger partial charge in [0.2, 0.25) is 0 Å². The monoisotopic (exact) mass is 340 g/mol. The summed E-state index contributed by atoms with van der Waals surface area (Å²) in [6, 6.07) is 9.74. The number of rotatable bonds is 4. The van der Waals surface area contributed by atoms with Gasteiger partial charge in [-0.05, 0) is 12.1 Å². The quantitative estimate of drug-likeness (QED) is 0.752. The highest BCUT2D eigenvalue weighted by Gasteiger charge is 2.21. The maximum atomic E-state index is 12.3. The number of carbonyl (C=O) groups is 1. The van der Waals surface area contributed by atoms with E-state index in [1.165, 1.54) is 6.33 Å². The number of fused-ring (bicyclic) bond motifs is 1. The first-order chi connectivity index (χ1) is 12.3. The number of nitrogens with zero attached hydrogens (tertiary/aromatic N) is 4. The van der Waals surface area contributed by atoms with Gasteiger partial charge < -0.3 is 14.6 Å². The van der Waals surface area contributed by atoms with E-state index < -0.39 is 0 Å². The number of furan rings is 1. The molecule has 1 aliphatic heterocycles. The molecular weight excluding hydrogens is 320 g/mol. The van der Waals surface area contributed by atoms with Crippen LogP contribution in [0.25, 0.3) is 11.0 Å². The highest BCUT2D eigenvalue weighted by molar-refractivity contribution is 5.78. The molecule has 0 aliphatic carbocycles. The van der Waals surface area contributed by atoms with Crippen LogP contribution in [-0.4, -0.2) is 57.2 Å². The molecule has 3 heterocycles. The van der Waals surface area contributed by atoms with E-state index >= 15 is 0 Å². The zero-order chi connectivity index (χ0) is 17.1. The van der Waals surface area contributed by atoms with Gasteiger partial charge in [0.15, 0.2) is 0 Å². The number of nitrogens with one attached hydrogen (secondary N) is 2. The van der Waals surface area contributed by atoms with Crippen LogP contribution in [0.5, 0.6) is 0 Å². The summed E-state index contributed by atoms with van der Waals surface area (Å²) < 4.78 is 5.72. The van der Waals surface area contributed by atoms with E-state index in [0.717, 1.165) is 42.2 Å². The Bertz CT molecular complexity index is 803. The van der Waals surface area contributed by atoms with Gasteiger partial charge in [-0.2, -0.15) is 5.10 Å². The first-order valence-electron chi connectivity index (χ1n) is 8.35. The van der Waals surface area contributed by atoms with Crippen molar-refractivity contribution in [3.8, 4) is 0 Å². The highest BCUT2D eigenvalue weighted by Crippen LogP contribution is 2.18. The molecule has 2 N–H and O–H groups in total. The van der Waals surface area contributed by atoms with E-state index in [2.05, 4.69) is 25.4 Å². The van der Waals surface area contributed by atoms with Gasteiger partial charge in [0.25, 0.3) is 0 Å². The Labute approximate surface area is 144 Å². The summed E-state index contributed by atoms with van der Waals surface area (Å²) >= 11 is 0. The van der Waals surface area contributed by atoms with Gasteiger partial charge in [0, 0.05) is 31.6 Å². The van der Waals surface area contributed by atoms with Crippen molar-refractivity contribution in [1.82, 2.24) is 30.3 Å². The van der Waals surface area contributed by atoms with Crippen LogP contribution < -0.4 is 5.32 Å². The third-order valence-electron chi connectivity index (χ3n) is 4.39. The van der Waals surface area contributed by atoms with Crippen LogP contribution in [0.2, 0.25) is 0 Å². The lowest BCUT2D eigenvalue weighted by Gasteiger charge is -2.34. The number of aromatic nitrogens is 3. The second-order valence-electron chi connectivity index (χ2n) is 6.10. The van der Waals surface area contributed by atoms with Crippen molar-refractivity contribution >= 4 is 17.0 Å². The molecule has 1 fully saturated rings. The minimum atomic E-state index is -0.0558. The van der Waals surface area contributed by atoms with E-state index in [4.69, 9.17) is 4.42 Å². The fraction of sp³-hybridized carbons (Fsp3) is 0.353. The van der Waals surface area contributed by atoms with Crippen LogP contribution in [0.3, 0.4) is 0 Å². The number of amides is 2. The minimum absolute atomic E-state index is 0.0558. The Morgan fingerprint density at radius 3 is 2.84 bits per heavy atom. The van der Waals surface area contributed by atoms with Crippen LogP contribution in [0, 0.1) is 0 Å². The number of para-hydroxylation sites is 1. The molecule has 3 aromatic rings. The number of aromatic amines is 1. The molecule has 25 heavy (non-hydrogen) atoms. The van der Waals surface area contributed by atoms with Crippen molar-refractivity contribution in [1.29, 1.82) is 0 Å². The summed E-state index contributed by atoms with van der Waals surface area (Å²) in [5.41, 5.74) is 0.841. The summed E-state index contributed by atoms with van der Waals surface area (Å²) in [7, 11) is 0. The molecule has 0 unspecified atom stereocenters. The molecule has 130 valence electrons. The molecule has 8 heteroatoms. The molecule has 0 spiro atoms. The number of carbonyl (C=O) groups excluding carboxylic acids is 1. The zero-order valence-corrected chi connectivity index (χ0v) is 13.8. The average molecular weight is 340 g/mol. The molecular formula is C17H20N6O2. The lowest BCUT2D eigenvalue weighted by atomic mass is 10.2. The summed E-state index contributed by atoms with van der Waals surface area (Å²) in [6.07, 6.45) is 1.51. The smallest absolute Gasteiger partial charge is 0.317 e. The first kappa shape index (κ1) is 15.6. The third-order valence-corrected chi connectivity index (χ3v) is 4.39. The standard InChI is InChI=1S/C17H20N6O2/c24-17(18-10-14-9-13-3-1-2-4-15(13)25-14)23-7-5-22(6-8-23)11-16-19-12-20-21-16/h1-4,9,12H,5-8,10-11H2,(H,18,24)(H,19,20,21). The Morgan fingerprint density at radius 1 is 1.24 bits per heavy atom. The van der Waals surface area contributed by atoms with Crippen molar-refractivity contribution < 1.29 is 9.21 Å². The molecule has 2 aromatic heterocycles. The lowest BCUT2D eigenvalue weighted by Crippen LogP contribution is -2.51. The van der Waals surface area contributed by atoms with Gasteiger partial charge in [0.05, 0.1) is 13.1 Å². The van der Waals surface area contributed by atoms with Crippen molar-refractivity contribution in [2.24, 2.45) is 0 Å². The van der Waals surface area contributed by atoms with Crippen molar-refractivity contribution in [3.63, 3.8) is 0 Å². The second kappa shape index (κ2) is 6.94. The van der Waals surface area contributed by atoms with E-state index in [-0.39, 0.29) is 6.03 Å². The highest BCUT2D eigenvalue weighted by atomic mass is 16.3. The molecule has 1 aliphatic rings. The Morgan fingerprint density at radius 2 is 2.08 bits per heavy atom. The van der Waals surface area contributed by atoms with Gasteiger partial charge in [0.1, 0.15) is 23.5 Å². The van der Waals surface area contributed by atoms with Gasteiger partial charge >= 0.3 is 6.03 Å². The van der Waals surface area contributed by atoms with Crippen LogP contribution in [0.4, 0.5) is 4.79 Å². The number of hydrogen-bond donors (Lipinski definition) is 2. The Balaban J connectivity index is 1.26. The fourth-order valence-electron chi connectivity index (χ4n) is 3.03. The predicted molar refractivity (Wildman–Crippen MR) is 91.7 cm³/mol. The molecule has 0 atom stereocenters.